The highest BCUT2D eigenvalue weighted by Gasteiger charge is 2.11. The van der Waals surface area contributed by atoms with E-state index >= 15 is 0 Å². The lowest BCUT2D eigenvalue weighted by molar-refractivity contribution is 0.104. The summed E-state index contributed by atoms with van der Waals surface area (Å²) >= 11 is 0. The first-order chi connectivity index (χ1) is 8.54. The fourth-order valence-electron chi connectivity index (χ4n) is 1.35. The summed E-state index contributed by atoms with van der Waals surface area (Å²) in [4.78, 5) is 0. The zero-order chi connectivity index (χ0) is 13.5. The molecule has 0 saturated carbocycles. The Balaban J connectivity index is 2.54. The number of nitriles is 1. The number of nitrogens with one attached hydrogen (secondary N) is 1. The maximum Gasteiger partial charge on any atom is 0.144 e. The van der Waals surface area contributed by atoms with E-state index in [0.29, 0.717) is 6.54 Å². The minimum Gasteiger partial charge on any atom is -0.489 e. The predicted octanol–water partition coefficient (Wildman–Crippen LogP) is 1.44. The zero-order valence-corrected chi connectivity index (χ0v) is 10.5. The van der Waals surface area contributed by atoms with Crippen LogP contribution in [0.5, 0.6) is 5.75 Å². The SMILES string of the molecule is CC(C)NCC(O)COc1cccc(F)c1C#N. The third kappa shape index (κ3) is 4.32. The van der Waals surface area contributed by atoms with Crippen molar-refractivity contribution < 1.29 is 14.2 Å². The number of nitrogens with zero attached hydrogens (tertiary/aromatic N) is 1. The topological polar surface area (TPSA) is 65.3 Å². The Morgan fingerprint density at radius 3 is 2.83 bits per heavy atom. The molecule has 5 heteroatoms. The molecule has 0 radical (unpaired) electrons. The summed E-state index contributed by atoms with van der Waals surface area (Å²) in [6.45, 7) is 4.33. The second-order valence-corrected chi connectivity index (χ2v) is 4.25. The van der Waals surface area contributed by atoms with Crippen LogP contribution in [0.1, 0.15) is 19.4 Å². The first-order valence-electron chi connectivity index (χ1n) is 5.77. The molecule has 0 aliphatic heterocycles. The molecule has 1 unspecified atom stereocenters. The summed E-state index contributed by atoms with van der Waals surface area (Å²) in [5.41, 5.74) is -0.137. The molecular formula is C13H17FN2O2. The van der Waals surface area contributed by atoms with Gasteiger partial charge in [0, 0.05) is 12.6 Å². The number of ether oxygens (including phenoxy) is 1. The van der Waals surface area contributed by atoms with Crippen LogP contribution in [0.15, 0.2) is 18.2 Å². The minimum absolute atomic E-state index is 0.0118. The van der Waals surface area contributed by atoms with Gasteiger partial charge in [-0.1, -0.05) is 19.9 Å². The van der Waals surface area contributed by atoms with E-state index in [-0.39, 0.29) is 24.0 Å². The van der Waals surface area contributed by atoms with Crippen LogP contribution >= 0.6 is 0 Å². The van der Waals surface area contributed by atoms with Gasteiger partial charge in [-0.2, -0.15) is 5.26 Å². The van der Waals surface area contributed by atoms with E-state index in [0.717, 1.165) is 0 Å². The number of aliphatic hydroxyl groups is 1. The van der Waals surface area contributed by atoms with Gasteiger partial charge in [-0.3, -0.25) is 0 Å². The molecule has 0 aromatic heterocycles. The van der Waals surface area contributed by atoms with Gasteiger partial charge in [-0.15, -0.1) is 0 Å². The van der Waals surface area contributed by atoms with Gasteiger partial charge in [0.15, 0.2) is 0 Å². The van der Waals surface area contributed by atoms with Gasteiger partial charge < -0.3 is 15.2 Å². The van der Waals surface area contributed by atoms with E-state index in [1.165, 1.54) is 18.2 Å². The molecule has 4 nitrogen and oxygen atoms in total. The van der Waals surface area contributed by atoms with E-state index in [2.05, 4.69) is 5.32 Å². The monoisotopic (exact) mass is 252 g/mol. The Labute approximate surface area is 106 Å². The Kier molecular flexibility index (Phi) is 5.56. The summed E-state index contributed by atoms with van der Waals surface area (Å²) in [7, 11) is 0. The molecule has 2 N–H and O–H groups in total. The second-order valence-electron chi connectivity index (χ2n) is 4.25. The van der Waals surface area contributed by atoms with Gasteiger partial charge in [0.1, 0.15) is 35.9 Å². The Bertz CT molecular complexity index is 429. The van der Waals surface area contributed by atoms with E-state index in [4.69, 9.17) is 10.00 Å². The molecule has 1 aromatic rings. The zero-order valence-electron chi connectivity index (χ0n) is 10.5. The Hall–Kier alpha value is -1.64. The fourth-order valence-corrected chi connectivity index (χ4v) is 1.35. The van der Waals surface area contributed by atoms with Crippen molar-refractivity contribution in [3.63, 3.8) is 0 Å². The Morgan fingerprint density at radius 1 is 1.50 bits per heavy atom. The quantitative estimate of drug-likeness (QED) is 0.804. The largest absolute Gasteiger partial charge is 0.489 e. The highest BCUT2D eigenvalue weighted by molar-refractivity contribution is 5.43. The number of benzene rings is 1. The normalized spacial score (nSPS) is 12.2. The predicted molar refractivity (Wildman–Crippen MR) is 65.8 cm³/mol. The van der Waals surface area contributed by atoms with E-state index < -0.39 is 11.9 Å². The van der Waals surface area contributed by atoms with Gasteiger partial charge in [0.25, 0.3) is 0 Å². The molecule has 0 bridgehead atoms. The van der Waals surface area contributed by atoms with Crippen LogP contribution in [0.3, 0.4) is 0 Å². The molecule has 18 heavy (non-hydrogen) atoms. The number of aliphatic hydroxyl groups excluding tert-OH is 1. The van der Waals surface area contributed by atoms with Crippen molar-refractivity contribution in [2.75, 3.05) is 13.2 Å². The van der Waals surface area contributed by atoms with Gasteiger partial charge in [-0.25, -0.2) is 4.39 Å². The molecule has 0 aliphatic carbocycles. The summed E-state index contributed by atoms with van der Waals surface area (Å²) in [5, 5.41) is 21.5. The van der Waals surface area contributed by atoms with Crippen LogP contribution in [0.2, 0.25) is 0 Å². The van der Waals surface area contributed by atoms with Crippen molar-refractivity contribution in [2.24, 2.45) is 0 Å². The fraction of sp³-hybridized carbons (Fsp3) is 0.462. The summed E-state index contributed by atoms with van der Waals surface area (Å²) in [5.74, 6) is -0.467. The van der Waals surface area contributed by atoms with Gasteiger partial charge in [0.05, 0.1) is 0 Å². The lowest BCUT2D eigenvalue weighted by Crippen LogP contribution is -2.35. The van der Waals surface area contributed by atoms with Gasteiger partial charge in [0.2, 0.25) is 0 Å². The van der Waals surface area contributed by atoms with E-state index in [1.54, 1.807) is 6.07 Å². The number of halogens is 1. The van der Waals surface area contributed by atoms with Crippen LogP contribution in [0.4, 0.5) is 4.39 Å². The highest BCUT2D eigenvalue weighted by Crippen LogP contribution is 2.20. The van der Waals surface area contributed by atoms with E-state index in [9.17, 15) is 9.50 Å². The molecular weight excluding hydrogens is 235 g/mol. The molecule has 1 aromatic carbocycles. The molecule has 0 heterocycles. The number of hydrogen-bond acceptors (Lipinski definition) is 4. The maximum absolute atomic E-state index is 13.3. The van der Waals surface area contributed by atoms with Crippen molar-refractivity contribution in [3.8, 4) is 11.8 Å². The molecule has 98 valence electrons. The molecule has 0 saturated heterocycles. The summed E-state index contributed by atoms with van der Waals surface area (Å²) < 4.78 is 18.5. The van der Waals surface area contributed by atoms with Crippen LogP contribution < -0.4 is 10.1 Å². The van der Waals surface area contributed by atoms with Crippen molar-refractivity contribution in [1.29, 1.82) is 5.26 Å². The van der Waals surface area contributed by atoms with Crippen molar-refractivity contribution >= 4 is 0 Å². The third-order valence-electron chi connectivity index (χ3n) is 2.28. The lowest BCUT2D eigenvalue weighted by Gasteiger charge is -2.15. The maximum atomic E-state index is 13.3. The van der Waals surface area contributed by atoms with Gasteiger partial charge in [-0.05, 0) is 12.1 Å². The minimum atomic E-state index is -0.706. The standard InChI is InChI=1S/C13H17FN2O2/c1-9(2)16-7-10(17)8-18-13-5-3-4-12(14)11(13)6-15/h3-5,9-10,16-17H,7-8H2,1-2H3. The van der Waals surface area contributed by atoms with Crippen LogP contribution in [-0.4, -0.2) is 30.4 Å². The first-order valence-corrected chi connectivity index (χ1v) is 5.77. The molecule has 1 rings (SSSR count). The molecule has 0 spiro atoms. The lowest BCUT2D eigenvalue weighted by atomic mass is 10.2. The second kappa shape index (κ2) is 6.94. The molecule has 0 fully saturated rings. The average Bonchev–Trinajstić information content (AvgIpc) is 2.33. The molecule has 0 aliphatic rings. The summed E-state index contributed by atoms with van der Waals surface area (Å²) in [6, 6.07) is 6.17. The van der Waals surface area contributed by atoms with Crippen LogP contribution in [0, 0.1) is 17.1 Å². The number of rotatable bonds is 6. The smallest absolute Gasteiger partial charge is 0.144 e. The van der Waals surface area contributed by atoms with E-state index in [1.807, 2.05) is 13.8 Å². The van der Waals surface area contributed by atoms with Gasteiger partial charge >= 0.3 is 0 Å². The van der Waals surface area contributed by atoms with Crippen molar-refractivity contribution in [1.82, 2.24) is 5.32 Å². The molecule has 0 amide bonds. The molecule has 1 atom stereocenters. The Morgan fingerprint density at radius 2 is 2.22 bits per heavy atom. The van der Waals surface area contributed by atoms with Crippen molar-refractivity contribution in [2.45, 2.75) is 26.0 Å². The third-order valence-corrected chi connectivity index (χ3v) is 2.28. The summed E-state index contributed by atoms with van der Waals surface area (Å²) in [6.07, 6.45) is -0.706. The number of hydrogen-bond donors (Lipinski definition) is 2. The first kappa shape index (κ1) is 14.4. The van der Waals surface area contributed by atoms with Crippen molar-refractivity contribution in [3.05, 3.63) is 29.6 Å². The average molecular weight is 252 g/mol. The highest BCUT2D eigenvalue weighted by atomic mass is 19.1. The van der Waals surface area contributed by atoms with Crippen LogP contribution in [-0.2, 0) is 0 Å². The van der Waals surface area contributed by atoms with Crippen LogP contribution in [0.25, 0.3) is 0 Å².